The van der Waals surface area contributed by atoms with Gasteiger partial charge in [-0.2, -0.15) is 17.0 Å². The molecule has 0 heterocycles. The standard InChI is InChI=1S/C10H18N2S/c1-3-8(2)13-7-10(6-11)12-9-4-5-9/h8-10,12H,3-5,7H2,1-2H3. The molecule has 74 valence electrons. The minimum atomic E-state index is 0.0616. The summed E-state index contributed by atoms with van der Waals surface area (Å²) in [5, 5.41) is 12.9. The topological polar surface area (TPSA) is 35.8 Å². The van der Waals surface area contributed by atoms with Crippen LogP contribution in [0.1, 0.15) is 33.1 Å². The minimum Gasteiger partial charge on any atom is -0.298 e. The maximum absolute atomic E-state index is 8.86. The Morgan fingerprint density at radius 2 is 2.31 bits per heavy atom. The molecular weight excluding hydrogens is 180 g/mol. The molecular formula is C10H18N2S. The number of hydrogen-bond acceptors (Lipinski definition) is 3. The van der Waals surface area contributed by atoms with E-state index >= 15 is 0 Å². The molecule has 0 radical (unpaired) electrons. The zero-order chi connectivity index (χ0) is 9.68. The fraction of sp³-hybridized carbons (Fsp3) is 0.900. The van der Waals surface area contributed by atoms with Gasteiger partial charge in [-0.3, -0.25) is 5.32 Å². The average Bonchev–Trinajstić information content (AvgIpc) is 2.95. The molecule has 0 bridgehead atoms. The van der Waals surface area contributed by atoms with Crippen LogP contribution in [0, 0.1) is 11.3 Å². The number of rotatable bonds is 6. The molecule has 13 heavy (non-hydrogen) atoms. The van der Waals surface area contributed by atoms with Gasteiger partial charge < -0.3 is 0 Å². The Kier molecular flexibility index (Phi) is 4.61. The van der Waals surface area contributed by atoms with Gasteiger partial charge in [-0.15, -0.1) is 0 Å². The normalized spacial score (nSPS) is 20.7. The first-order chi connectivity index (χ1) is 6.26. The SMILES string of the molecule is CCC(C)SCC(C#N)NC1CC1. The van der Waals surface area contributed by atoms with Crippen molar-refractivity contribution in [3.05, 3.63) is 0 Å². The van der Waals surface area contributed by atoms with Crippen LogP contribution in [0.25, 0.3) is 0 Å². The van der Waals surface area contributed by atoms with E-state index in [0.29, 0.717) is 11.3 Å². The highest BCUT2D eigenvalue weighted by molar-refractivity contribution is 7.99. The van der Waals surface area contributed by atoms with Crippen molar-refractivity contribution in [3.8, 4) is 6.07 Å². The molecule has 2 nitrogen and oxygen atoms in total. The predicted molar refractivity (Wildman–Crippen MR) is 57.8 cm³/mol. The Morgan fingerprint density at radius 3 is 2.77 bits per heavy atom. The zero-order valence-electron chi connectivity index (χ0n) is 8.42. The number of nitrogens with zero attached hydrogens (tertiary/aromatic N) is 1. The van der Waals surface area contributed by atoms with Crippen molar-refractivity contribution in [1.82, 2.24) is 5.32 Å². The molecule has 2 unspecified atom stereocenters. The Hall–Kier alpha value is -0.200. The van der Waals surface area contributed by atoms with E-state index in [1.54, 1.807) is 0 Å². The molecule has 3 heteroatoms. The second kappa shape index (κ2) is 5.51. The highest BCUT2D eigenvalue weighted by Gasteiger charge is 2.24. The van der Waals surface area contributed by atoms with Gasteiger partial charge in [0, 0.05) is 17.0 Å². The Bertz CT molecular complexity index is 184. The van der Waals surface area contributed by atoms with Crippen LogP contribution >= 0.6 is 11.8 Å². The molecule has 0 aromatic carbocycles. The summed E-state index contributed by atoms with van der Waals surface area (Å²) in [5.74, 6) is 0.933. The maximum atomic E-state index is 8.86. The van der Waals surface area contributed by atoms with Crippen molar-refractivity contribution in [3.63, 3.8) is 0 Å². The number of thioether (sulfide) groups is 1. The third kappa shape index (κ3) is 4.54. The highest BCUT2D eigenvalue weighted by atomic mass is 32.2. The lowest BCUT2D eigenvalue weighted by atomic mass is 10.4. The van der Waals surface area contributed by atoms with Gasteiger partial charge in [0.1, 0.15) is 6.04 Å². The van der Waals surface area contributed by atoms with Gasteiger partial charge in [0.2, 0.25) is 0 Å². The van der Waals surface area contributed by atoms with Crippen LogP contribution < -0.4 is 5.32 Å². The smallest absolute Gasteiger partial charge is 0.105 e. The zero-order valence-corrected chi connectivity index (χ0v) is 9.23. The lowest BCUT2D eigenvalue weighted by Crippen LogP contribution is -2.32. The van der Waals surface area contributed by atoms with Gasteiger partial charge in [0.05, 0.1) is 6.07 Å². The second-order valence-corrected chi connectivity index (χ2v) is 5.15. The fourth-order valence-electron chi connectivity index (χ4n) is 1.04. The van der Waals surface area contributed by atoms with Crippen LogP contribution in [0.15, 0.2) is 0 Å². The van der Waals surface area contributed by atoms with Crippen molar-refractivity contribution >= 4 is 11.8 Å². The van der Waals surface area contributed by atoms with Crippen LogP contribution in [0.2, 0.25) is 0 Å². The molecule has 1 fully saturated rings. The van der Waals surface area contributed by atoms with Crippen LogP contribution in [0.3, 0.4) is 0 Å². The van der Waals surface area contributed by atoms with E-state index in [1.165, 1.54) is 19.3 Å². The van der Waals surface area contributed by atoms with E-state index in [-0.39, 0.29) is 6.04 Å². The summed E-state index contributed by atoms with van der Waals surface area (Å²) in [6.07, 6.45) is 3.70. The molecule has 1 saturated carbocycles. The van der Waals surface area contributed by atoms with Crippen molar-refractivity contribution in [2.45, 2.75) is 50.4 Å². The lowest BCUT2D eigenvalue weighted by Gasteiger charge is -2.13. The van der Waals surface area contributed by atoms with Gasteiger partial charge >= 0.3 is 0 Å². The molecule has 0 aromatic heterocycles. The van der Waals surface area contributed by atoms with Crippen LogP contribution in [-0.2, 0) is 0 Å². The third-order valence-electron chi connectivity index (χ3n) is 2.29. The van der Waals surface area contributed by atoms with Crippen molar-refractivity contribution in [1.29, 1.82) is 5.26 Å². The molecule has 0 spiro atoms. The van der Waals surface area contributed by atoms with Gasteiger partial charge in [0.25, 0.3) is 0 Å². The number of hydrogen-bond donors (Lipinski definition) is 1. The summed E-state index contributed by atoms with van der Waals surface area (Å²) >= 11 is 1.89. The van der Waals surface area contributed by atoms with E-state index in [4.69, 9.17) is 5.26 Å². The van der Waals surface area contributed by atoms with E-state index < -0.39 is 0 Å². The highest BCUT2D eigenvalue weighted by Crippen LogP contribution is 2.21. The number of nitriles is 1. The second-order valence-electron chi connectivity index (χ2n) is 3.67. The summed E-state index contributed by atoms with van der Waals surface area (Å²) in [7, 11) is 0. The average molecular weight is 198 g/mol. The number of nitrogens with one attached hydrogen (secondary N) is 1. The lowest BCUT2D eigenvalue weighted by molar-refractivity contribution is 0.643. The van der Waals surface area contributed by atoms with Gasteiger partial charge in [-0.25, -0.2) is 0 Å². The Morgan fingerprint density at radius 1 is 1.62 bits per heavy atom. The molecule has 0 amide bonds. The largest absolute Gasteiger partial charge is 0.298 e. The fourth-order valence-corrected chi connectivity index (χ4v) is 1.96. The summed E-state index contributed by atoms with van der Waals surface area (Å²) in [6, 6.07) is 3.02. The molecule has 1 aliphatic rings. The maximum Gasteiger partial charge on any atom is 0.105 e. The van der Waals surface area contributed by atoms with E-state index in [9.17, 15) is 0 Å². The van der Waals surface area contributed by atoms with Crippen molar-refractivity contribution in [2.24, 2.45) is 0 Å². The molecule has 0 aliphatic heterocycles. The summed E-state index contributed by atoms with van der Waals surface area (Å²) in [4.78, 5) is 0. The Balaban J connectivity index is 2.12. The molecule has 0 saturated heterocycles. The molecule has 0 aromatic rings. The minimum absolute atomic E-state index is 0.0616. The summed E-state index contributed by atoms with van der Waals surface area (Å²) < 4.78 is 0. The third-order valence-corrected chi connectivity index (χ3v) is 3.72. The first kappa shape index (κ1) is 10.9. The van der Waals surface area contributed by atoms with E-state index in [1.807, 2.05) is 11.8 Å². The first-order valence-electron chi connectivity index (χ1n) is 5.03. The first-order valence-corrected chi connectivity index (χ1v) is 6.08. The molecule has 1 N–H and O–H groups in total. The Labute approximate surface area is 85.1 Å². The summed E-state index contributed by atoms with van der Waals surface area (Å²) in [5.41, 5.74) is 0. The molecule has 1 rings (SSSR count). The summed E-state index contributed by atoms with van der Waals surface area (Å²) in [6.45, 7) is 4.41. The van der Waals surface area contributed by atoms with Crippen molar-refractivity contribution in [2.75, 3.05) is 5.75 Å². The van der Waals surface area contributed by atoms with Gasteiger partial charge in [0.15, 0.2) is 0 Å². The molecule has 2 atom stereocenters. The van der Waals surface area contributed by atoms with Crippen molar-refractivity contribution < 1.29 is 0 Å². The monoisotopic (exact) mass is 198 g/mol. The van der Waals surface area contributed by atoms with E-state index in [2.05, 4.69) is 25.2 Å². The van der Waals surface area contributed by atoms with Gasteiger partial charge in [-0.1, -0.05) is 13.8 Å². The van der Waals surface area contributed by atoms with Gasteiger partial charge in [-0.05, 0) is 19.3 Å². The van der Waals surface area contributed by atoms with Crippen LogP contribution in [-0.4, -0.2) is 23.1 Å². The quantitative estimate of drug-likeness (QED) is 0.710. The predicted octanol–water partition coefficient (Wildman–Crippen LogP) is 2.16. The molecule has 1 aliphatic carbocycles. The van der Waals surface area contributed by atoms with Crippen LogP contribution in [0.4, 0.5) is 0 Å². The van der Waals surface area contributed by atoms with E-state index in [0.717, 1.165) is 5.75 Å². The van der Waals surface area contributed by atoms with Crippen LogP contribution in [0.5, 0.6) is 0 Å².